The van der Waals surface area contributed by atoms with Gasteiger partial charge in [0.25, 0.3) is 0 Å². The van der Waals surface area contributed by atoms with Crippen molar-refractivity contribution in [1.82, 2.24) is 15.5 Å². The second-order valence-corrected chi connectivity index (χ2v) is 8.49. The quantitative estimate of drug-likeness (QED) is 0.236. The predicted molar refractivity (Wildman–Crippen MR) is 135 cm³/mol. The van der Waals surface area contributed by atoms with Crippen molar-refractivity contribution in [3.63, 3.8) is 0 Å². The van der Waals surface area contributed by atoms with Gasteiger partial charge in [-0.15, -0.1) is 24.0 Å². The summed E-state index contributed by atoms with van der Waals surface area (Å²) in [5.41, 5.74) is 1.35. The van der Waals surface area contributed by atoms with Crippen molar-refractivity contribution in [2.24, 2.45) is 4.99 Å². The average molecular weight is 527 g/mol. The van der Waals surface area contributed by atoms with Crippen molar-refractivity contribution in [2.45, 2.75) is 57.3 Å². The van der Waals surface area contributed by atoms with E-state index in [0.29, 0.717) is 18.2 Å². The Bertz CT molecular complexity index is 650. The summed E-state index contributed by atoms with van der Waals surface area (Å²) in [6.07, 6.45) is 6.77. The van der Waals surface area contributed by atoms with Crippen molar-refractivity contribution in [3.05, 3.63) is 30.3 Å². The first-order chi connectivity index (χ1) is 14.3. The Morgan fingerprint density at radius 3 is 2.57 bits per heavy atom. The van der Waals surface area contributed by atoms with E-state index in [-0.39, 0.29) is 24.0 Å². The predicted octanol–water partition coefficient (Wildman–Crippen LogP) is 3.08. The molecule has 2 N–H and O–H groups in total. The van der Waals surface area contributed by atoms with Crippen molar-refractivity contribution in [2.75, 3.05) is 50.7 Å². The Hall–Kier alpha value is -1.06. The van der Waals surface area contributed by atoms with Gasteiger partial charge in [0, 0.05) is 45.0 Å². The molecule has 0 amide bonds. The van der Waals surface area contributed by atoms with Crippen LogP contribution in [0, 0.1) is 0 Å². The number of hydrogen-bond acceptors (Lipinski definition) is 4. The third-order valence-electron chi connectivity index (χ3n) is 6.42. The molecule has 168 valence electrons. The van der Waals surface area contributed by atoms with E-state index in [1.54, 1.807) is 0 Å². The molecule has 7 heteroatoms. The summed E-state index contributed by atoms with van der Waals surface area (Å²) in [6.45, 7) is 9.68. The zero-order valence-electron chi connectivity index (χ0n) is 18.3. The molecule has 0 radical (unpaired) electrons. The minimum absolute atomic E-state index is 0. The maximum atomic E-state index is 5.96. The van der Waals surface area contributed by atoms with Gasteiger partial charge < -0.3 is 20.3 Å². The number of para-hydroxylation sites is 1. The lowest BCUT2D eigenvalue weighted by Gasteiger charge is -2.36. The van der Waals surface area contributed by atoms with Crippen LogP contribution in [0.15, 0.2) is 35.3 Å². The van der Waals surface area contributed by atoms with Crippen molar-refractivity contribution < 1.29 is 4.74 Å². The van der Waals surface area contributed by atoms with Crippen LogP contribution in [0.4, 0.5) is 5.69 Å². The number of unbranched alkanes of at least 4 members (excludes halogenated alkanes) is 1. The topological polar surface area (TPSA) is 52.1 Å². The molecule has 30 heavy (non-hydrogen) atoms. The summed E-state index contributed by atoms with van der Waals surface area (Å²) in [5, 5.41) is 7.00. The standard InChI is InChI=1S/C23H37N5O.HI/c1-2-24-23(26-21-18-20-10-11-22(21)29-20)25-12-6-7-13-27-14-16-28(17-15-27)19-8-4-3-5-9-19;/h3-5,8-9,20-22H,2,6-7,10-18H2,1H3,(H2,24,25,26);1H. The van der Waals surface area contributed by atoms with Crippen LogP contribution in [0.1, 0.15) is 39.0 Å². The molecule has 0 spiro atoms. The number of benzene rings is 1. The molecule has 6 nitrogen and oxygen atoms in total. The zero-order chi connectivity index (χ0) is 19.9. The minimum atomic E-state index is 0. The van der Waals surface area contributed by atoms with Gasteiger partial charge in [0.15, 0.2) is 5.96 Å². The van der Waals surface area contributed by atoms with Crippen LogP contribution in [0.5, 0.6) is 0 Å². The number of piperazine rings is 1. The van der Waals surface area contributed by atoms with Crippen LogP contribution in [-0.4, -0.2) is 74.9 Å². The molecule has 3 fully saturated rings. The fraction of sp³-hybridized carbons (Fsp3) is 0.696. The van der Waals surface area contributed by atoms with E-state index < -0.39 is 0 Å². The maximum absolute atomic E-state index is 5.96. The Kier molecular flexibility index (Phi) is 9.52. The normalized spacial score (nSPS) is 26.5. The van der Waals surface area contributed by atoms with Crippen LogP contribution in [-0.2, 0) is 4.74 Å². The molecule has 3 aliphatic heterocycles. The Morgan fingerprint density at radius 2 is 1.90 bits per heavy atom. The summed E-state index contributed by atoms with van der Waals surface area (Å²) < 4.78 is 5.96. The molecule has 0 saturated carbocycles. The number of nitrogens with zero attached hydrogens (tertiary/aromatic N) is 3. The lowest BCUT2D eigenvalue weighted by atomic mass is 9.96. The van der Waals surface area contributed by atoms with Gasteiger partial charge in [-0.2, -0.15) is 0 Å². The van der Waals surface area contributed by atoms with Gasteiger partial charge in [0.2, 0.25) is 0 Å². The van der Waals surface area contributed by atoms with Gasteiger partial charge in [-0.25, -0.2) is 0 Å². The van der Waals surface area contributed by atoms with E-state index in [2.05, 4.69) is 57.7 Å². The van der Waals surface area contributed by atoms with E-state index in [9.17, 15) is 0 Å². The molecule has 0 aliphatic carbocycles. The first-order valence-electron chi connectivity index (χ1n) is 11.5. The Morgan fingerprint density at radius 1 is 1.10 bits per heavy atom. The van der Waals surface area contributed by atoms with E-state index in [4.69, 9.17) is 9.73 Å². The third kappa shape index (κ3) is 6.47. The van der Waals surface area contributed by atoms with Crippen LogP contribution < -0.4 is 15.5 Å². The van der Waals surface area contributed by atoms with Gasteiger partial charge in [-0.05, 0) is 57.7 Å². The Balaban J connectivity index is 0.00000256. The number of anilines is 1. The van der Waals surface area contributed by atoms with E-state index >= 15 is 0 Å². The lowest BCUT2D eigenvalue weighted by molar-refractivity contribution is 0.0992. The molecule has 1 aromatic rings. The number of nitrogens with one attached hydrogen (secondary N) is 2. The monoisotopic (exact) mass is 527 g/mol. The van der Waals surface area contributed by atoms with Crippen LogP contribution in [0.2, 0.25) is 0 Å². The molecular formula is C23H38IN5O. The largest absolute Gasteiger partial charge is 0.373 e. The van der Waals surface area contributed by atoms with E-state index in [1.807, 2.05) is 0 Å². The molecule has 3 unspecified atom stereocenters. The highest BCUT2D eigenvalue weighted by Gasteiger charge is 2.41. The number of hydrogen-bond donors (Lipinski definition) is 2. The van der Waals surface area contributed by atoms with Crippen LogP contribution >= 0.6 is 24.0 Å². The smallest absolute Gasteiger partial charge is 0.191 e. The fourth-order valence-corrected chi connectivity index (χ4v) is 4.79. The van der Waals surface area contributed by atoms with Crippen molar-refractivity contribution in [1.29, 1.82) is 0 Å². The maximum Gasteiger partial charge on any atom is 0.191 e. The summed E-state index contributed by atoms with van der Waals surface area (Å²) >= 11 is 0. The highest BCUT2D eigenvalue weighted by Crippen LogP contribution is 2.34. The first kappa shape index (κ1) is 23.6. The molecule has 3 saturated heterocycles. The van der Waals surface area contributed by atoms with Gasteiger partial charge >= 0.3 is 0 Å². The number of aliphatic imine (C=N–C) groups is 1. The van der Waals surface area contributed by atoms with Crippen LogP contribution in [0.25, 0.3) is 0 Å². The van der Waals surface area contributed by atoms with Gasteiger partial charge in [0.05, 0.1) is 18.2 Å². The molecule has 0 aromatic heterocycles. The summed E-state index contributed by atoms with van der Waals surface area (Å²) in [5.74, 6) is 0.963. The number of ether oxygens (including phenoxy) is 1. The summed E-state index contributed by atoms with van der Waals surface area (Å²) in [4.78, 5) is 9.90. The lowest BCUT2D eigenvalue weighted by Crippen LogP contribution is -2.47. The van der Waals surface area contributed by atoms with Gasteiger partial charge in [0.1, 0.15) is 0 Å². The fourth-order valence-electron chi connectivity index (χ4n) is 4.79. The second kappa shape index (κ2) is 12.1. The molecule has 4 rings (SSSR count). The van der Waals surface area contributed by atoms with Crippen LogP contribution in [0.3, 0.4) is 0 Å². The number of halogens is 1. The molecule has 1 aromatic carbocycles. The number of rotatable bonds is 8. The highest BCUT2D eigenvalue weighted by atomic mass is 127. The first-order valence-corrected chi connectivity index (χ1v) is 11.5. The summed E-state index contributed by atoms with van der Waals surface area (Å²) in [7, 11) is 0. The zero-order valence-corrected chi connectivity index (χ0v) is 20.6. The van der Waals surface area contributed by atoms with E-state index in [0.717, 1.165) is 58.1 Å². The molecule has 3 heterocycles. The minimum Gasteiger partial charge on any atom is -0.373 e. The van der Waals surface area contributed by atoms with Gasteiger partial charge in [-0.1, -0.05) is 18.2 Å². The van der Waals surface area contributed by atoms with Crippen molar-refractivity contribution in [3.8, 4) is 0 Å². The average Bonchev–Trinajstić information content (AvgIpc) is 3.38. The number of guanidine groups is 1. The Labute approximate surface area is 198 Å². The van der Waals surface area contributed by atoms with Crippen molar-refractivity contribution >= 4 is 35.6 Å². The van der Waals surface area contributed by atoms with E-state index in [1.165, 1.54) is 31.5 Å². The number of fused-ring (bicyclic) bond motifs is 2. The van der Waals surface area contributed by atoms with Gasteiger partial charge in [-0.3, -0.25) is 9.89 Å². The SMILES string of the molecule is CCNC(=NCCCCN1CCN(c2ccccc2)CC1)NC1CC2CCC1O2.I. The molecule has 3 atom stereocenters. The second-order valence-electron chi connectivity index (χ2n) is 8.49. The molecule has 3 aliphatic rings. The molecular weight excluding hydrogens is 489 g/mol. The summed E-state index contributed by atoms with van der Waals surface area (Å²) in [6, 6.07) is 11.2. The molecule has 2 bridgehead atoms. The third-order valence-corrected chi connectivity index (χ3v) is 6.42. The highest BCUT2D eigenvalue weighted by molar-refractivity contribution is 14.0.